The Morgan fingerprint density at radius 3 is 2.76 bits per heavy atom. The topological polar surface area (TPSA) is 97.1 Å². The third-order valence-corrected chi connectivity index (χ3v) is 4.61. The largest absolute Gasteiger partial charge is 0.338 e. The van der Waals surface area contributed by atoms with Crippen LogP contribution in [0.4, 0.5) is 0 Å². The van der Waals surface area contributed by atoms with E-state index in [9.17, 15) is 8.42 Å². The Balaban J connectivity index is 1.92. The fourth-order valence-electron chi connectivity index (χ4n) is 1.80. The lowest BCUT2D eigenvalue weighted by Crippen LogP contribution is -2.41. The van der Waals surface area contributed by atoms with E-state index in [-0.39, 0.29) is 11.8 Å². The van der Waals surface area contributed by atoms with Gasteiger partial charge in [-0.05, 0) is 32.9 Å². The molecule has 0 unspecified atom stereocenters. The average Bonchev–Trinajstić information content (AvgIpc) is 2.74. The molecule has 0 aromatic carbocycles. The molecule has 7 nitrogen and oxygen atoms in total. The number of nitrogens with one attached hydrogen (secondary N) is 2. The van der Waals surface area contributed by atoms with E-state index < -0.39 is 10.0 Å². The number of nitrogens with zero attached hydrogens (tertiary/aromatic N) is 2. The molecule has 0 radical (unpaired) electrons. The van der Waals surface area contributed by atoms with Crippen molar-refractivity contribution in [2.24, 2.45) is 0 Å². The van der Waals surface area contributed by atoms with Crippen molar-refractivity contribution in [2.45, 2.75) is 31.6 Å². The molecule has 1 saturated heterocycles. The van der Waals surface area contributed by atoms with Gasteiger partial charge in [-0.3, -0.25) is 0 Å². The van der Waals surface area contributed by atoms with E-state index in [0.29, 0.717) is 24.6 Å². The van der Waals surface area contributed by atoms with Crippen LogP contribution in [0.5, 0.6) is 0 Å². The minimum Gasteiger partial charge on any atom is -0.338 e. The lowest BCUT2D eigenvalue weighted by molar-refractivity contribution is 0.371. The lowest BCUT2D eigenvalue weighted by atomic mass is 10.2. The van der Waals surface area contributed by atoms with Crippen LogP contribution in [0, 0.1) is 6.92 Å². The van der Waals surface area contributed by atoms with Gasteiger partial charge in [0, 0.05) is 0 Å². The Labute approximate surface area is 100 Å². The maximum Gasteiger partial charge on any atom is 0.241 e. The summed E-state index contributed by atoms with van der Waals surface area (Å²) in [5.41, 5.74) is 0. The molecule has 2 N–H and O–H groups in total. The molecule has 2 heterocycles. The molecule has 96 valence electrons. The van der Waals surface area contributed by atoms with Gasteiger partial charge >= 0.3 is 0 Å². The zero-order valence-corrected chi connectivity index (χ0v) is 10.5. The van der Waals surface area contributed by atoms with Crippen LogP contribution in [0.2, 0.25) is 0 Å². The molecule has 0 saturated carbocycles. The standard InChI is InChI=1S/C9H16N4O3S/c1-7-12-9(16-13-7)6-11-17(14,15)8-2-4-10-5-3-8/h8,10-11H,2-6H2,1H3. The van der Waals surface area contributed by atoms with E-state index in [4.69, 9.17) is 4.52 Å². The van der Waals surface area contributed by atoms with Crippen molar-refractivity contribution in [2.75, 3.05) is 13.1 Å². The number of hydrogen-bond donors (Lipinski definition) is 2. The molecule has 1 aromatic heterocycles. The fraction of sp³-hybridized carbons (Fsp3) is 0.778. The van der Waals surface area contributed by atoms with Crippen LogP contribution in [0.1, 0.15) is 24.6 Å². The maximum absolute atomic E-state index is 11.9. The summed E-state index contributed by atoms with van der Waals surface area (Å²) in [5, 5.41) is 6.40. The molecule has 0 atom stereocenters. The van der Waals surface area contributed by atoms with E-state index in [1.807, 2.05) is 0 Å². The van der Waals surface area contributed by atoms with Crippen LogP contribution in [0.25, 0.3) is 0 Å². The van der Waals surface area contributed by atoms with E-state index in [1.165, 1.54) is 0 Å². The Hall–Kier alpha value is -0.990. The fourth-order valence-corrected chi connectivity index (χ4v) is 3.21. The van der Waals surface area contributed by atoms with Crippen molar-refractivity contribution in [1.29, 1.82) is 0 Å². The highest BCUT2D eigenvalue weighted by molar-refractivity contribution is 7.90. The van der Waals surface area contributed by atoms with Gasteiger partial charge in [0.1, 0.15) is 0 Å². The Kier molecular flexibility index (Phi) is 3.75. The Bertz CT molecular complexity index is 464. The monoisotopic (exact) mass is 260 g/mol. The highest BCUT2D eigenvalue weighted by atomic mass is 32.2. The van der Waals surface area contributed by atoms with Crippen LogP contribution in [-0.4, -0.2) is 36.9 Å². The van der Waals surface area contributed by atoms with Gasteiger partial charge in [-0.25, -0.2) is 13.1 Å². The molecule has 17 heavy (non-hydrogen) atoms. The number of aryl methyl sites for hydroxylation is 1. The number of rotatable bonds is 4. The first-order valence-electron chi connectivity index (χ1n) is 5.56. The predicted octanol–water partition coefficient (Wildman–Crippen LogP) is -0.451. The molecule has 0 aliphatic carbocycles. The van der Waals surface area contributed by atoms with E-state index in [0.717, 1.165) is 13.1 Å². The third-order valence-electron chi connectivity index (χ3n) is 2.72. The van der Waals surface area contributed by atoms with Crippen molar-refractivity contribution < 1.29 is 12.9 Å². The maximum atomic E-state index is 11.9. The van der Waals surface area contributed by atoms with Gasteiger partial charge in [0.2, 0.25) is 15.9 Å². The van der Waals surface area contributed by atoms with Gasteiger partial charge in [-0.1, -0.05) is 5.16 Å². The number of hydrogen-bond acceptors (Lipinski definition) is 6. The first kappa shape index (κ1) is 12.5. The van der Waals surface area contributed by atoms with Crippen LogP contribution < -0.4 is 10.0 Å². The minimum absolute atomic E-state index is 0.0626. The second kappa shape index (κ2) is 5.11. The van der Waals surface area contributed by atoms with Crippen molar-refractivity contribution in [3.63, 3.8) is 0 Å². The van der Waals surface area contributed by atoms with Gasteiger partial charge in [0.15, 0.2) is 5.82 Å². The van der Waals surface area contributed by atoms with Crippen molar-refractivity contribution in [3.8, 4) is 0 Å². The molecule has 1 fully saturated rings. The van der Waals surface area contributed by atoms with E-state index >= 15 is 0 Å². The summed E-state index contributed by atoms with van der Waals surface area (Å²) in [6.45, 7) is 3.23. The second-order valence-electron chi connectivity index (χ2n) is 4.05. The van der Waals surface area contributed by atoms with E-state index in [2.05, 4.69) is 20.2 Å². The van der Waals surface area contributed by atoms with E-state index in [1.54, 1.807) is 6.92 Å². The van der Waals surface area contributed by atoms with Gasteiger partial charge in [0.25, 0.3) is 0 Å². The number of aromatic nitrogens is 2. The van der Waals surface area contributed by atoms with Crippen molar-refractivity contribution in [1.82, 2.24) is 20.2 Å². The normalized spacial score (nSPS) is 18.4. The number of sulfonamides is 1. The van der Waals surface area contributed by atoms with Crippen LogP contribution in [0.15, 0.2) is 4.52 Å². The molecule has 0 amide bonds. The average molecular weight is 260 g/mol. The van der Waals surface area contributed by atoms with Gasteiger partial charge in [0.05, 0.1) is 11.8 Å². The highest BCUT2D eigenvalue weighted by Gasteiger charge is 2.27. The molecule has 8 heteroatoms. The van der Waals surface area contributed by atoms with Crippen LogP contribution >= 0.6 is 0 Å². The van der Waals surface area contributed by atoms with Crippen molar-refractivity contribution >= 4 is 10.0 Å². The zero-order chi connectivity index (χ0) is 12.3. The molecule has 1 aliphatic rings. The van der Waals surface area contributed by atoms with Crippen LogP contribution in [-0.2, 0) is 16.6 Å². The SMILES string of the molecule is Cc1noc(CNS(=O)(=O)C2CCNCC2)n1. The summed E-state index contributed by atoms with van der Waals surface area (Å²) < 4.78 is 31.2. The summed E-state index contributed by atoms with van der Waals surface area (Å²) in [7, 11) is -3.29. The summed E-state index contributed by atoms with van der Waals surface area (Å²) in [6.07, 6.45) is 1.27. The number of piperidine rings is 1. The second-order valence-corrected chi connectivity index (χ2v) is 6.10. The molecule has 2 rings (SSSR count). The quantitative estimate of drug-likeness (QED) is 0.761. The first-order valence-corrected chi connectivity index (χ1v) is 7.11. The Morgan fingerprint density at radius 2 is 2.18 bits per heavy atom. The third kappa shape index (κ3) is 3.24. The molecular formula is C9H16N4O3S. The summed E-state index contributed by atoms with van der Waals surface area (Å²) in [4.78, 5) is 3.94. The summed E-state index contributed by atoms with van der Waals surface area (Å²) in [6, 6.07) is 0. The predicted molar refractivity (Wildman–Crippen MR) is 60.7 cm³/mol. The van der Waals surface area contributed by atoms with Gasteiger partial charge in [-0.15, -0.1) is 0 Å². The highest BCUT2D eigenvalue weighted by Crippen LogP contribution is 2.12. The minimum atomic E-state index is -3.29. The van der Waals surface area contributed by atoms with Gasteiger partial charge < -0.3 is 9.84 Å². The summed E-state index contributed by atoms with van der Waals surface area (Å²) in [5.74, 6) is 0.793. The van der Waals surface area contributed by atoms with Crippen LogP contribution in [0.3, 0.4) is 0 Å². The zero-order valence-electron chi connectivity index (χ0n) is 9.64. The molecular weight excluding hydrogens is 244 g/mol. The van der Waals surface area contributed by atoms with Gasteiger partial charge in [-0.2, -0.15) is 4.98 Å². The summed E-state index contributed by atoms with van der Waals surface area (Å²) >= 11 is 0. The smallest absolute Gasteiger partial charge is 0.241 e. The molecule has 0 bridgehead atoms. The molecule has 1 aromatic rings. The molecule has 0 spiro atoms. The molecule has 1 aliphatic heterocycles. The first-order chi connectivity index (χ1) is 8.08. The Morgan fingerprint density at radius 1 is 1.47 bits per heavy atom. The van der Waals surface area contributed by atoms with Crippen molar-refractivity contribution in [3.05, 3.63) is 11.7 Å². The lowest BCUT2D eigenvalue weighted by Gasteiger charge is -2.22.